The molecule has 1 heterocycles. The molecule has 152 valence electrons. The van der Waals surface area contributed by atoms with Gasteiger partial charge >= 0.3 is 0 Å². The lowest BCUT2D eigenvalue weighted by atomic mass is 10.2. The van der Waals surface area contributed by atoms with Gasteiger partial charge in [-0.05, 0) is 42.3 Å². The summed E-state index contributed by atoms with van der Waals surface area (Å²) >= 11 is 14.8. The minimum Gasteiger partial charge on any atom is -0.497 e. The predicted molar refractivity (Wildman–Crippen MR) is 120 cm³/mol. The van der Waals surface area contributed by atoms with E-state index in [2.05, 4.69) is 5.32 Å². The molecule has 0 aliphatic carbocycles. The molecule has 1 N–H and O–H groups in total. The lowest BCUT2D eigenvalue weighted by Gasteiger charge is -2.05. The Hall–Kier alpha value is -1.77. The summed E-state index contributed by atoms with van der Waals surface area (Å²) in [7, 11) is 1.64. The molecule has 0 spiro atoms. The first-order valence-corrected chi connectivity index (χ1v) is 11.1. The van der Waals surface area contributed by atoms with Crippen LogP contribution < -0.4 is 10.1 Å². The molecule has 0 unspecified atom stereocenters. The molecular formula is C20H18Cl2N2O3S2. The van der Waals surface area contributed by atoms with E-state index in [1.165, 1.54) is 23.1 Å². The number of methoxy groups -OCH3 is 1. The molecule has 1 aromatic heterocycles. The summed E-state index contributed by atoms with van der Waals surface area (Å²) < 4.78 is 5.77. The van der Waals surface area contributed by atoms with Gasteiger partial charge in [0, 0.05) is 34.0 Å². The highest BCUT2D eigenvalue weighted by molar-refractivity contribution is 8.01. The van der Waals surface area contributed by atoms with Gasteiger partial charge in [-0.1, -0.05) is 47.1 Å². The SMILES string of the molecule is COc1ccc(CNCCc2cc([N+](=O)[O-])c(Sc3ccc(Cl)cc3Cl)s2)cc1. The van der Waals surface area contributed by atoms with Gasteiger partial charge in [0.05, 0.1) is 17.1 Å². The van der Waals surface area contributed by atoms with E-state index in [4.69, 9.17) is 27.9 Å². The van der Waals surface area contributed by atoms with Crippen LogP contribution in [0.15, 0.2) is 57.6 Å². The fourth-order valence-electron chi connectivity index (χ4n) is 2.58. The van der Waals surface area contributed by atoms with Gasteiger partial charge < -0.3 is 10.1 Å². The standard InChI is InChI=1S/C20H18Cl2N2O3S2/c1-27-15-5-2-13(3-6-15)12-23-9-8-16-11-18(24(25)26)20(28-16)29-19-7-4-14(21)10-17(19)22/h2-7,10-11,23H,8-9,12H2,1H3. The number of hydrogen-bond acceptors (Lipinski definition) is 6. The monoisotopic (exact) mass is 468 g/mol. The van der Waals surface area contributed by atoms with Gasteiger partial charge in [-0.25, -0.2) is 0 Å². The first-order chi connectivity index (χ1) is 14.0. The Balaban J connectivity index is 1.61. The molecule has 9 heteroatoms. The summed E-state index contributed by atoms with van der Waals surface area (Å²) in [6.07, 6.45) is 0.705. The number of ether oxygens (including phenoxy) is 1. The van der Waals surface area contributed by atoms with Crippen molar-refractivity contribution >= 4 is 52.0 Å². The average Bonchev–Trinajstić information content (AvgIpc) is 3.11. The molecule has 0 atom stereocenters. The van der Waals surface area contributed by atoms with Gasteiger partial charge in [0.25, 0.3) is 5.69 Å². The summed E-state index contributed by atoms with van der Waals surface area (Å²) in [5.74, 6) is 0.825. The molecule has 0 aliphatic heterocycles. The summed E-state index contributed by atoms with van der Waals surface area (Å²) in [5, 5.41) is 15.8. The molecule has 0 saturated heterocycles. The highest BCUT2D eigenvalue weighted by atomic mass is 35.5. The Labute approximate surface area is 187 Å². The number of nitrogens with one attached hydrogen (secondary N) is 1. The topological polar surface area (TPSA) is 64.4 Å². The summed E-state index contributed by atoms with van der Waals surface area (Å²) in [4.78, 5) is 12.8. The van der Waals surface area contributed by atoms with E-state index < -0.39 is 0 Å². The van der Waals surface area contributed by atoms with Gasteiger partial charge in [0.1, 0.15) is 9.96 Å². The summed E-state index contributed by atoms with van der Waals surface area (Å²) in [5.41, 5.74) is 1.26. The van der Waals surface area contributed by atoms with Gasteiger partial charge in [0.15, 0.2) is 0 Å². The van der Waals surface area contributed by atoms with E-state index in [0.717, 1.165) is 34.2 Å². The Morgan fingerprint density at radius 1 is 1.17 bits per heavy atom. The number of rotatable bonds is 9. The highest BCUT2D eigenvalue weighted by Crippen LogP contribution is 2.44. The quantitative estimate of drug-likeness (QED) is 0.222. The van der Waals surface area contributed by atoms with Crippen LogP contribution in [-0.2, 0) is 13.0 Å². The smallest absolute Gasteiger partial charge is 0.294 e. The minimum atomic E-state index is -0.350. The lowest BCUT2D eigenvalue weighted by Crippen LogP contribution is -2.16. The Kier molecular flexibility index (Phi) is 7.80. The van der Waals surface area contributed by atoms with E-state index in [1.807, 2.05) is 24.3 Å². The Morgan fingerprint density at radius 2 is 1.93 bits per heavy atom. The summed E-state index contributed by atoms with van der Waals surface area (Å²) in [6.45, 7) is 1.44. The first kappa shape index (κ1) is 21.9. The van der Waals surface area contributed by atoms with Crippen LogP contribution >= 0.6 is 46.3 Å². The predicted octanol–water partition coefficient (Wildman–Crippen LogP) is 6.46. The van der Waals surface area contributed by atoms with E-state index in [0.29, 0.717) is 20.7 Å². The van der Waals surface area contributed by atoms with E-state index in [1.54, 1.807) is 31.4 Å². The zero-order valence-electron chi connectivity index (χ0n) is 15.5. The van der Waals surface area contributed by atoms with Crippen molar-refractivity contribution in [3.63, 3.8) is 0 Å². The number of halogens is 2. The lowest BCUT2D eigenvalue weighted by molar-refractivity contribution is -0.387. The second kappa shape index (κ2) is 10.3. The van der Waals surface area contributed by atoms with Crippen LogP contribution in [0.3, 0.4) is 0 Å². The minimum absolute atomic E-state index is 0.108. The second-order valence-electron chi connectivity index (χ2n) is 6.09. The molecule has 0 fully saturated rings. The number of nitrogens with zero attached hydrogens (tertiary/aromatic N) is 1. The second-order valence-corrected chi connectivity index (χ2v) is 9.39. The van der Waals surface area contributed by atoms with Crippen molar-refractivity contribution in [2.75, 3.05) is 13.7 Å². The molecule has 2 aromatic carbocycles. The van der Waals surface area contributed by atoms with Crippen molar-refractivity contribution in [3.8, 4) is 5.75 Å². The molecule has 29 heavy (non-hydrogen) atoms. The molecule has 0 radical (unpaired) electrons. The highest BCUT2D eigenvalue weighted by Gasteiger charge is 2.21. The maximum atomic E-state index is 11.5. The molecular weight excluding hydrogens is 451 g/mol. The van der Waals surface area contributed by atoms with Gasteiger partial charge in [0.2, 0.25) is 0 Å². The van der Waals surface area contributed by atoms with Crippen molar-refractivity contribution in [1.82, 2.24) is 5.32 Å². The molecule has 0 bridgehead atoms. The number of thiophene rings is 1. The molecule has 5 nitrogen and oxygen atoms in total. The van der Waals surface area contributed by atoms with Crippen LogP contribution in [0.2, 0.25) is 10.0 Å². The van der Waals surface area contributed by atoms with Crippen LogP contribution in [0.5, 0.6) is 5.75 Å². The third kappa shape index (κ3) is 6.10. The van der Waals surface area contributed by atoms with Crippen molar-refractivity contribution < 1.29 is 9.66 Å². The van der Waals surface area contributed by atoms with Crippen molar-refractivity contribution in [1.29, 1.82) is 0 Å². The molecule has 3 aromatic rings. The zero-order chi connectivity index (χ0) is 20.8. The third-order valence-electron chi connectivity index (χ3n) is 4.06. The van der Waals surface area contributed by atoms with Crippen LogP contribution in [0.1, 0.15) is 10.4 Å². The molecule has 3 rings (SSSR count). The van der Waals surface area contributed by atoms with E-state index >= 15 is 0 Å². The first-order valence-electron chi connectivity index (χ1n) is 8.70. The third-order valence-corrected chi connectivity index (χ3v) is 7.17. The average molecular weight is 469 g/mol. The number of benzene rings is 2. The number of hydrogen-bond donors (Lipinski definition) is 1. The van der Waals surface area contributed by atoms with Crippen LogP contribution in [0, 0.1) is 10.1 Å². The zero-order valence-corrected chi connectivity index (χ0v) is 18.6. The fraction of sp³-hybridized carbons (Fsp3) is 0.200. The Bertz CT molecular complexity index is 994. The normalized spacial score (nSPS) is 10.9. The van der Waals surface area contributed by atoms with Crippen LogP contribution in [-0.4, -0.2) is 18.6 Å². The van der Waals surface area contributed by atoms with Crippen LogP contribution in [0.25, 0.3) is 0 Å². The number of nitro groups is 1. The van der Waals surface area contributed by atoms with Crippen molar-refractivity contribution in [3.05, 3.63) is 79.1 Å². The van der Waals surface area contributed by atoms with Gasteiger partial charge in [-0.3, -0.25) is 10.1 Å². The largest absolute Gasteiger partial charge is 0.497 e. The molecule has 0 aliphatic rings. The maximum Gasteiger partial charge on any atom is 0.294 e. The molecule has 0 saturated carbocycles. The summed E-state index contributed by atoms with van der Waals surface area (Å²) in [6, 6.07) is 14.6. The Morgan fingerprint density at radius 3 is 2.59 bits per heavy atom. The molecule has 0 amide bonds. The van der Waals surface area contributed by atoms with Crippen LogP contribution in [0.4, 0.5) is 5.69 Å². The van der Waals surface area contributed by atoms with E-state index in [-0.39, 0.29) is 10.6 Å². The van der Waals surface area contributed by atoms with Gasteiger partial charge in [-0.2, -0.15) is 0 Å². The van der Waals surface area contributed by atoms with Crippen molar-refractivity contribution in [2.45, 2.75) is 22.1 Å². The van der Waals surface area contributed by atoms with Gasteiger partial charge in [-0.15, -0.1) is 11.3 Å². The van der Waals surface area contributed by atoms with Crippen molar-refractivity contribution in [2.24, 2.45) is 0 Å². The maximum absolute atomic E-state index is 11.5. The fourth-order valence-corrected chi connectivity index (χ4v) is 5.44. The van der Waals surface area contributed by atoms with E-state index in [9.17, 15) is 10.1 Å².